The third-order valence-corrected chi connectivity index (χ3v) is 5.28. The predicted molar refractivity (Wildman–Crippen MR) is 106 cm³/mol. The number of aryl methyl sites for hydroxylation is 1. The molecule has 0 bridgehead atoms. The minimum absolute atomic E-state index is 0. The predicted octanol–water partition coefficient (Wildman–Crippen LogP) is 3.96. The molecule has 1 saturated carbocycles. The van der Waals surface area contributed by atoms with Crippen LogP contribution in [0.15, 0.2) is 11.2 Å². The molecule has 0 unspecified atom stereocenters. The number of guanidine groups is 1. The summed E-state index contributed by atoms with van der Waals surface area (Å²) in [6, 6.07) is 0. The molecule has 1 heterocycles. The largest absolute Gasteiger partial charge is 0.356 e. The highest BCUT2D eigenvalue weighted by atomic mass is 127. The molecule has 1 aliphatic carbocycles. The first-order chi connectivity index (χ1) is 10.3. The average Bonchev–Trinajstić information content (AvgIpc) is 3.17. The van der Waals surface area contributed by atoms with Gasteiger partial charge in [0.2, 0.25) is 0 Å². The van der Waals surface area contributed by atoms with Crippen molar-refractivity contribution in [2.75, 3.05) is 13.6 Å². The normalized spacial score (nSPS) is 15.6. The van der Waals surface area contributed by atoms with Crippen LogP contribution in [0.5, 0.6) is 0 Å². The molecule has 0 spiro atoms. The van der Waals surface area contributed by atoms with Crippen molar-refractivity contribution in [1.29, 1.82) is 0 Å². The Morgan fingerprint density at radius 1 is 1.36 bits per heavy atom. The van der Waals surface area contributed by atoms with Crippen molar-refractivity contribution in [3.05, 3.63) is 16.1 Å². The molecule has 2 rings (SSSR count). The lowest BCUT2D eigenvalue weighted by Gasteiger charge is -2.12. The van der Waals surface area contributed by atoms with Gasteiger partial charge in [-0.05, 0) is 25.2 Å². The fourth-order valence-corrected chi connectivity index (χ4v) is 3.67. The minimum atomic E-state index is 0. The second-order valence-corrected chi connectivity index (χ2v) is 6.92. The molecule has 0 aromatic carbocycles. The monoisotopic (exact) mass is 436 g/mol. The lowest BCUT2D eigenvalue weighted by atomic mass is 10.0. The highest BCUT2D eigenvalue weighted by molar-refractivity contribution is 14.0. The smallest absolute Gasteiger partial charge is 0.191 e. The molecule has 1 aliphatic rings. The first-order valence-corrected chi connectivity index (χ1v) is 9.01. The van der Waals surface area contributed by atoms with Gasteiger partial charge in [-0.1, -0.05) is 32.6 Å². The molecule has 2 N–H and O–H groups in total. The van der Waals surface area contributed by atoms with Crippen molar-refractivity contribution in [3.63, 3.8) is 0 Å². The fraction of sp³-hybridized carbons (Fsp3) is 0.750. The van der Waals surface area contributed by atoms with Crippen molar-refractivity contribution in [2.45, 2.75) is 58.4 Å². The molecule has 0 radical (unpaired) electrons. The second-order valence-electron chi connectivity index (χ2n) is 5.72. The van der Waals surface area contributed by atoms with Crippen molar-refractivity contribution in [1.82, 2.24) is 15.6 Å². The molecule has 4 nitrogen and oxygen atoms in total. The summed E-state index contributed by atoms with van der Waals surface area (Å²) < 4.78 is 0. The van der Waals surface area contributed by atoms with E-state index in [-0.39, 0.29) is 24.0 Å². The van der Waals surface area contributed by atoms with Crippen molar-refractivity contribution in [2.24, 2.45) is 10.9 Å². The molecule has 0 amide bonds. The van der Waals surface area contributed by atoms with Crippen LogP contribution in [0.25, 0.3) is 0 Å². The van der Waals surface area contributed by atoms with Gasteiger partial charge in [0.05, 0.1) is 6.54 Å². The van der Waals surface area contributed by atoms with Gasteiger partial charge in [-0.25, -0.2) is 4.98 Å². The maximum atomic E-state index is 4.42. The second kappa shape index (κ2) is 11.2. The van der Waals surface area contributed by atoms with Crippen LogP contribution in [0.2, 0.25) is 0 Å². The Morgan fingerprint density at radius 2 is 2.14 bits per heavy atom. The highest BCUT2D eigenvalue weighted by Gasteiger charge is 2.14. The lowest BCUT2D eigenvalue weighted by molar-refractivity contribution is 0.481. The summed E-state index contributed by atoms with van der Waals surface area (Å²) in [6.07, 6.45) is 11.4. The SMILES string of the molecule is CCc1cnc(CNC(=NC)NCCCC2CCCC2)s1.I. The highest BCUT2D eigenvalue weighted by Crippen LogP contribution is 2.28. The van der Waals surface area contributed by atoms with E-state index >= 15 is 0 Å². The molecule has 0 aliphatic heterocycles. The number of nitrogens with zero attached hydrogens (tertiary/aromatic N) is 2. The Balaban J connectivity index is 0.00000242. The zero-order valence-electron chi connectivity index (χ0n) is 13.7. The van der Waals surface area contributed by atoms with Gasteiger partial charge in [0.15, 0.2) is 5.96 Å². The summed E-state index contributed by atoms with van der Waals surface area (Å²) in [5.74, 6) is 1.86. The maximum Gasteiger partial charge on any atom is 0.191 e. The van der Waals surface area contributed by atoms with Crippen LogP contribution < -0.4 is 10.6 Å². The standard InChI is InChI=1S/C16H28N4S.HI/c1-3-14-11-19-15(21-14)12-20-16(17-2)18-10-6-9-13-7-4-5-8-13;/h11,13H,3-10,12H2,1-2H3,(H2,17,18,20);1H. The summed E-state index contributed by atoms with van der Waals surface area (Å²) in [5, 5.41) is 7.86. The number of halogens is 1. The molecule has 22 heavy (non-hydrogen) atoms. The Hall–Kier alpha value is -0.370. The third-order valence-electron chi connectivity index (χ3n) is 4.14. The molecule has 0 atom stereocenters. The van der Waals surface area contributed by atoms with Crippen molar-refractivity contribution in [3.8, 4) is 0 Å². The zero-order chi connectivity index (χ0) is 14.9. The van der Waals surface area contributed by atoms with Gasteiger partial charge < -0.3 is 10.6 Å². The van der Waals surface area contributed by atoms with Crippen LogP contribution in [0.4, 0.5) is 0 Å². The Morgan fingerprint density at radius 3 is 2.77 bits per heavy atom. The van der Waals surface area contributed by atoms with E-state index < -0.39 is 0 Å². The van der Waals surface area contributed by atoms with E-state index in [9.17, 15) is 0 Å². The van der Waals surface area contributed by atoms with Crippen LogP contribution in [-0.2, 0) is 13.0 Å². The summed E-state index contributed by atoms with van der Waals surface area (Å²) in [4.78, 5) is 10.0. The Bertz CT molecular complexity index is 441. The Labute approximate surface area is 155 Å². The average molecular weight is 436 g/mol. The van der Waals surface area contributed by atoms with Gasteiger partial charge in [0, 0.05) is 24.7 Å². The topological polar surface area (TPSA) is 49.3 Å². The number of aliphatic imine (C=N–C) groups is 1. The van der Waals surface area contributed by atoms with Gasteiger partial charge in [0.1, 0.15) is 5.01 Å². The van der Waals surface area contributed by atoms with E-state index in [1.54, 1.807) is 11.3 Å². The minimum Gasteiger partial charge on any atom is -0.356 e. The molecule has 1 aromatic rings. The molecule has 0 saturated heterocycles. The molecule has 6 heteroatoms. The number of aromatic nitrogens is 1. The molecule has 126 valence electrons. The van der Waals surface area contributed by atoms with E-state index in [1.165, 1.54) is 43.4 Å². The van der Waals surface area contributed by atoms with Gasteiger partial charge in [-0.15, -0.1) is 35.3 Å². The van der Waals surface area contributed by atoms with Crippen molar-refractivity contribution >= 4 is 41.3 Å². The number of nitrogens with one attached hydrogen (secondary N) is 2. The van der Waals surface area contributed by atoms with Gasteiger partial charge in [-0.3, -0.25) is 4.99 Å². The summed E-state index contributed by atoms with van der Waals surface area (Å²) in [5.41, 5.74) is 0. The van der Waals surface area contributed by atoms with Gasteiger partial charge in [0.25, 0.3) is 0 Å². The van der Waals surface area contributed by atoms with Crippen LogP contribution in [0.1, 0.15) is 55.3 Å². The van der Waals surface area contributed by atoms with E-state index in [2.05, 4.69) is 27.5 Å². The van der Waals surface area contributed by atoms with Crippen LogP contribution >= 0.6 is 35.3 Å². The van der Waals surface area contributed by atoms with E-state index in [0.717, 1.165) is 36.4 Å². The first-order valence-electron chi connectivity index (χ1n) is 8.20. The first kappa shape index (κ1) is 19.7. The van der Waals surface area contributed by atoms with E-state index in [0.29, 0.717) is 0 Å². The van der Waals surface area contributed by atoms with Crippen LogP contribution in [-0.4, -0.2) is 24.5 Å². The summed E-state index contributed by atoms with van der Waals surface area (Å²) in [6.45, 7) is 3.93. The maximum absolute atomic E-state index is 4.42. The number of thiazole rings is 1. The molecular weight excluding hydrogens is 407 g/mol. The van der Waals surface area contributed by atoms with Gasteiger partial charge in [-0.2, -0.15) is 0 Å². The number of hydrogen-bond donors (Lipinski definition) is 2. The zero-order valence-corrected chi connectivity index (χ0v) is 16.9. The van der Waals surface area contributed by atoms with Crippen molar-refractivity contribution < 1.29 is 0 Å². The summed E-state index contributed by atoms with van der Waals surface area (Å²) in [7, 11) is 1.83. The Kier molecular flexibility index (Phi) is 10.0. The molecule has 1 aromatic heterocycles. The van der Waals surface area contributed by atoms with E-state index in [1.807, 2.05) is 13.2 Å². The van der Waals surface area contributed by atoms with Crippen LogP contribution in [0, 0.1) is 5.92 Å². The quantitative estimate of drug-likeness (QED) is 0.295. The number of hydrogen-bond acceptors (Lipinski definition) is 3. The van der Waals surface area contributed by atoms with Gasteiger partial charge >= 0.3 is 0 Å². The molecule has 1 fully saturated rings. The van der Waals surface area contributed by atoms with Crippen LogP contribution in [0.3, 0.4) is 0 Å². The third kappa shape index (κ3) is 6.81. The lowest BCUT2D eigenvalue weighted by Crippen LogP contribution is -2.37. The van der Waals surface area contributed by atoms with E-state index in [4.69, 9.17) is 0 Å². The molecular formula is C16H29IN4S. The fourth-order valence-electron chi connectivity index (χ4n) is 2.87. The summed E-state index contributed by atoms with van der Waals surface area (Å²) >= 11 is 1.77. The number of rotatable bonds is 7.